The molecule has 1 aromatic rings. The lowest BCUT2D eigenvalue weighted by Gasteiger charge is -2.49. The minimum Gasteiger partial charge on any atom is -0.493 e. The van der Waals surface area contributed by atoms with Gasteiger partial charge < -0.3 is 15.4 Å². The molecule has 1 atom stereocenters. The van der Waals surface area contributed by atoms with Gasteiger partial charge in [-0.3, -0.25) is 4.90 Å². The van der Waals surface area contributed by atoms with Crippen molar-refractivity contribution in [3.8, 4) is 5.75 Å². The van der Waals surface area contributed by atoms with Crippen molar-refractivity contribution in [2.75, 3.05) is 46.4 Å². The molecule has 1 saturated heterocycles. The summed E-state index contributed by atoms with van der Waals surface area (Å²) in [6, 6.07) is 4.49. The highest BCUT2D eigenvalue weighted by atomic mass is 16.5. The summed E-state index contributed by atoms with van der Waals surface area (Å²) in [7, 11) is 2.19. The van der Waals surface area contributed by atoms with Gasteiger partial charge in [0.05, 0.1) is 12.1 Å². The molecule has 4 heteroatoms. The largest absolute Gasteiger partial charge is 0.493 e. The predicted molar refractivity (Wildman–Crippen MR) is 85.8 cm³/mol. The minimum absolute atomic E-state index is 0.0500. The fourth-order valence-corrected chi connectivity index (χ4v) is 3.85. The maximum atomic E-state index is 6.31. The molecule has 1 fully saturated rings. The molecule has 0 bridgehead atoms. The fraction of sp³-hybridized carbons (Fsp3) is 0.647. The average Bonchev–Trinajstić information content (AvgIpc) is 2.47. The van der Waals surface area contributed by atoms with Gasteiger partial charge in [-0.05, 0) is 26.5 Å². The molecular weight excluding hydrogens is 262 g/mol. The highest BCUT2D eigenvalue weighted by molar-refractivity contribution is 5.49. The molecule has 0 radical (unpaired) electrons. The van der Waals surface area contributed by atoms with Crippen molar-refractivity contribution in [2.24, 2.45) is 5.73 Å². The highest BCUT2D eigenvalue weighted by Gasteiger charge is 2.43. The summed E-state index contributed by atoms with van der Waals surface area (Å²) in [5, 5.41) is 0. The first kappa shape index (κ1) is 14.8. The normalized spacial score (nSPS) is 27.2. The Balaban J connectivity index is 2.04. The number of rotatable bonds is 2. The van der Waals surface area contributed by atoms with Crippen LogP contribution in [0, 0.1) is 13.8 Å². The van der Waals surface area contributed by atoms with Crippen molar-refractivity contribution in [2.45, 2.75) is 25.8 Å². The maximum Gasteiger partial charge on any atom is 0.127 e. The van der Waals surface area contributed by atoms with Crippen molar-refractivity contribution in [1.82, 2.24) is 9.80 Å². The standard InChI is InChI=1S/C17H27N3O/c1-13-10-14(2)16-15(11-13)17(12-18,4-9-21-16)20-7-5-19(3)6-8-20/h10-11H,4-9,12,18H2,1-3H3. The van der Waals surface area contributed by atoms with Gasteiger partial charge in [0.1, 0.15) is 5.75 Å². The zero-order valence-corrected chi connectivity index (χ0v) is 13.5. The smallest absolute Gasteiger partial charge is 0.127 e. The molecule has 2 aliphatic heterocycles. The van der Waals surface area contributed by atoms with Crippen molar-refractivity contribution in [3.05, 3.63) is 28.8 Å². The second-order valence-electron chi connectivity index (χ2n) is 6.58. The third-order valence-corrected chi connectivity index (χ3v) is 5.13. The van der Waals surface area contributed by atoms with Gasteiger partial charge in [-0.25, -0.2) is 0 Å². The minimum atomic E-state index is -0.0500. The second-order valence-corrected chi connectivity index (χ2v) is 6.58. The van der Waals surface area contributed by atoms with E-state index in [4.69, 9.17) is 10.5 Å². The third-order valence-electron chi connectivity index (χ3n) is 5.13. The SMILES string of the molecule is Cc1cc(C)c2c(c1)C(CN)(N1CCN(C)CC1)CCO2. The monoisotopic (exact) mass is 289 g/mol. The summed E-state index contributed by atoms with van der Waals surface area (Å²) >= 11 is 0. The number of likely N-dealkylation sites (N-methyl/N-ethyl adjacent to an activating group) is 1. The Morgan fingerprint density at radius 3 is 2.57 bits per heavy atom. The second kappa shape index (κ2) is 5.59. The van der Waals surface area contributed by atoms with E-state index in [2.05, 4.69) is 42.8 Å². The van der Waals surface area contributed by atoms with Gasteiger partial charge in [0, 0.05) is 44.7 Å². The molecule has 116 valence electrons. The van der Waals surface area contributed by atoms with Crippen molar-refractivity contribution < 1.29 is 4.74 Å². The van der Waals surface area contributed by atoms with Crippen LogP contribution in [0.3, 0.4) is 0 Å². The number of benzene rings is 1. The Hall–Kier alpha value is -1.10. The lowest BCUT2D eigenvalue weighted by Crippen LogP contribution is -2.59. The van der Waals surface area contributed by atoms with Crippen molar-refractivity contribution in [1.29, 1.82) is 0 Å². The first-order valence-electron chi connectivity index (χ1n) is 7.95. The van der Waals surface area contributed by atoms with Gasteiger partial charge in [-0.2, -0.15) is 0 Å². The molecule has 2 heterocycles. The number of piperazine rings is 1. The molecule has 2 aliphatic rings. The molecule has 0 saturated carbocycles. The summed E-state index contributed by atoms with van der Waals surface area (Å²) in [5.41, 5.74) is 10.1. The van der Waals surface area contributed by atoms with E-state index in [-0.39, 0.29) is 5.54 Å². The summed E-state index contributed by atoms with van der Waals surface area (Å²) in [4.78, 5) is 4.98. The van der Waals surface area contributed by atoms with Crippen LogP contribution in [-0.4, -0.2) is 56.2 Å². The van der Waals surface area contributed by atoms with E-state index in [1.165, 1.54) is 16.7 Å². The Kier molecular flexibility index (Phi) is 3.95. The molecule has 0 spiro atoms. The zero-order chi connectivity index (χ0) is 15.0. The Bertz CT molecular complexity index is 523. The van der Waals surface area contributed by atoms with Crippen LogP contribution in [0.15, 0.2) is 12.1 Å². The first-order valence-corrected chi connectivity index (χ1v) is 7.95. The molecule has 2 N–H and O–H groups in total. The molecule has 0 aromatic heterocycles. The number of hydrogen-bond acceptors (Lipinski definition) is 4. The van der Waals surface area contributed by atoms with Gasteiger partial charge >= 0.3 is 0 Å². The predicted octanol–water partition coefficient (Wildman–Crippen LogP) is 1.49. The van der Waals surface area contributed by atoms with Crippen LogP contribution in [0.25, 0.3) is 0 Å². The highest BCUT2D eigenvalue weighted by Crippen LogP contribution is 2.43. The van der Waals surface area contributed by atoms with E-state index in [9.17, 15) is 0 Å². The molecule has 21 heavy (non-hydrogen) atoms. The van der Waals surface area contributed by atoms with Gasteiger partial charge in [0.2, 0.25) is 0 Å². The molecule has 0 aliphatic carbocycles. The molecular formula is C17H27N3O. The van der Waals surface area contributed by atoms with Gasteiger partial charge in [0.25, 0.3) is 0 Å². The lowest BCUT2D eigenvalue weighted by atomic mass is 9.80. The van der Waals surface area contributed by atoms with Crippen LogP contribution in [-0.2, 0) is 5.54 Å². The Morgan fingerprint density at radius 2 is 1.90 bits per heavy atom. The molecule has 0 amide bonds. The fourth-order valence-electron chi connectivity index (χ4n) is 3.85. The van der Waals surface area contributed by atoms with Crippen molar-refractivity contribution >= 4 is 0 Å². The van der Waals surface area contributed by atoms with Gasteiger partial charge in [-0.15, -0.1) is 0 Å². The maximum absolute atomic E-state index is 6.31. The molecule has 4 nitrogen and oxygen atoms in total. The zero-order valence-electron chi connectivity index (χ0n) is 13.5. The summed E-state index contributed by atoms with van der Waals surface area (Å²) in [6.07, 6.45) is 0.989. The number of nitrogens with zero attached hydrogens (tertiary/aromatic N) is 2. The number of fused-ring (bicyclic) bond motifs is 1. The number of ether oxygens (including phenoxy) is 1. The van der Waals surface area contributed by atoms with Crippen LogP contribution < -0.4 is 10.5 Å². The van der Waals surface area contributed by atoms with Crippen LogP contribution >= 0.6 is 0 Å². The van der Waals surface area contributed by atoms with E-state index in [0.717, 1.165) is 45.0 Å². The van der Waals surface area contributed by atoms with E-state index in [1.807, 2.05) is 0 Å². The van der Waals surface area contributed by atoms with Crippen LogP contribution in [0.2, 0.25) is 0 Å². The summed E-state index contributed by atoms with van der Waals surface area (Å²) in [6.45, 7) is 10.1. The lowest BCUT2D eigenvalue weighted by molar-refractivity contribution is 0.0136. The topological polar surface area (TPSA) is 41.7 Å². The molecule has 1 aromatic carbocycles. The average molecular weight is 289 g/mol. The quantitative estimate of drug-likeness (QED) is 0.895. The van der Waals surface area contributed by atoms with E-state index in [0.29, 0.717) is 6.54 Å². The van der Waals surface area contributed by atoms with Crippen LogP contribution in [0.4, 0.5) is 0 Å². The molecule has 3 rings (SSSR count). The Morgan fingerprint density at radius 1 is 1.19 bits per heavy atom. The number of nitrogens with two attached hydrogens (primary N) is 1. The summed E-state index contributed by atoms with van der Waals surface area (Å²) < 4.78 is 5.99. The van der Waals surface area contributed by atoms with E-state index >= 15 is 0 Å². The van der Waals surface area contributed by atoms with Crippen LogP contribution in [0.5, 0.6) is 5.75 Å². The van der Waals surface area contributed by atoms with E-state index in [1.54, 1.807) is 0 Å². The molecule has 1 unspecified atom stereocenters. The van der Waals surface area contributed by atoms with Crippen molar-refractivity contribution in [3.63, 3.8) is 0 Å². The van der Waals surface area contributed by atoms with Gasteiger partial charge in [-0.1, -0.05) is 17.7 Å². The van der Waals surface area contributed by atoms with E-state index < -0.39 is 0 Å². The van der Waals surface area contributed by atoms with Gasteiger partial charge in [0.15, 0.2) is 0 Å². The number of hydrogen-bond donors (Lipinski definition) is 1. The van der Waals surface area contributed by atoms with Crippen LogP contribution in [0.1, 0.15) is 23.1 Å². The third kappa shape index (κ3) is 2.45. The Labute approximate surface area is 127 Å². The first-order chi connectivity index (χ1) is 10.1. The number of aryl methyl sites for hydroxylation is 2. The summed E-state index contributed by atoms with van der Waals surface area (Å²) in [5.74, 6) is 1.07.